The first-order valence-electron chi connectivity index (χ1n) is 6.21. The minimum atomic E-state index is -0.386. The molecular formula is C14H12BrN2O4+. The minimum Gasteiger partial charge on any atom is -0.454 e. The van der Waals surface area contributed by atoms with Gasteiger partial charge in [-0.2, -0.15) is 0 Å². The summed E-state index contributed by atoms with van der Waals surface area (Å²) in [6.45, 7) is 0.531. The van der Waals surface area contributed by atoms with Crippen molar-refractivity contribution in [1.82, 2.24) is 5.32 Å². The maximum absolute atomic E-state index is 12.1. The van der Waals surface area contributed by atoms with Crippen LogP contribution in [0.15, 0.2) is 41.0 Å². The predicted molar refractivity (Wildman–Crippen MR) is 75.3 cm³/mol. The highest BCUT2D eigenvalue weighted by atomic mass is 79.9. The average Bonchev–Trinajstić information content (AvgIpc) is 2.92. The van der Waals surface area contributed by atoms with Gasteiger partial charge in [-0.1, -0.05) is 6.07 Å². The molecule has 21 heavy (non-hydrogen) atoms. The molecule has 1 aliphatic rings. The second-order valence-corrected chi connectivity index (χ2v) is 5.27. The van der Waals surface area contributed by atoms with Crippen molar-refractivity contribution in [3.05, 3.63) is 52.3 Å². The second-order valence-electron chi connectivity index (χ2n) is 4.42. The molecule has 0 radical (unpaired) electrons. The molecule has 0 unspecified atom stereocenters. The molecule has 0 aliphatic carbocycles. The Morgan fingerprint density at radius 2 is 2.14 bits per heavy atom. The lowest BCUT2D eigenvalue weighted by Crippen LogP contribution is -2.41. The van der Waals surface area contributed by atoms with Crippen LogP contribution in [0.3, 0.4) is 0 Å². The number of benzene rings is 1. The van der Waals surface area contributed by atoms with Crippen LogP contribution in [0.4, 0.5) is 0 Å². The molecule has 1 aliphatic heterocycles. The van der Waals surface area contributed by atoms with Gasteiger partial charge in [-0.15, -0.1) is 0 Å². The summed E-state index contributed by atoms with van der Waals surface area (Å²) in [4.78, 5) is 12.1. The van der Waals surface area contributed by atoms with Crippen LogP contribution in [-0.2, 0) is 6.54 Å². The van der Waals surface area contributed by atoms with Gasteiger partial charge in [-0.3, -0.25) is 10.0 Å². The standard InChI is InChI=1S/C14H11BrN2O4/c15-10-2-1-5-17(19)13(10)14(18)16-7-9-3-4-11-12(6-9)21-8-20-11/h1-6H,7-8H2,(H-,16,18,19)/p+1. The van der Waals surface area contributed by atoms with Gasteiger partial charge >= 0.3 is 11.6 Å². The fraction of sp³-hybridized carbons (Fsp3) is 0.143. The summed E-state index contributed by atoms with van der Waals surface area (Å²) in [5, 5.41) is 12.4. The number of pyridine rings is 1. The maximum atomic E-state index is 12.1. The lowest BCUT2D eigenvalue weighted by Gasteiger charge is -2.05. The molecule has 7 heteroatoms. The molecule has 0 saturated carbocycles. The summed E-state index contributed by atoms with van der Waals surface area (Å²) < 4.78 is 11.8. The number of ether oxygens (including phenoxy) is 2. The number of carbonyl (C=O) groups is 1. The zero-order valence-electron chi connectivity index (χ0n) is 10.9. The number of carbonyl (C=O) groups excluding carboxylic acids is 1. The fourth-order valence-electron chi connectivity index (χ4n) is 2.00. The largest absolute Gasteiger partial charge is 0.454 e. The fourth-order valence-corrected chi connectivity index (χ4v) is 2.52. The van der Waals surface area contributed by atoms with Crippen LogP contribution in [0.1, 0.15) is 16.1 Å². The molecule has 2 N–H and O–H groups in total. The van der Waals surface area contributed by atoms with E-state index in [9.17, 15) is 10.0 Å². The van der Waals surface area contributed by atoms with Gasteiger partial charge in [0, 0.05) is 17.3 Å². The molecule has 0 saturated heterocycles. The zero-order chi connectivity index (χ0) is 14.8. The van der Waals surface area contributed by atoms with Crippen LogP contribution in [0.2, 0.25) is 0 Å². The highest BCUT2D eigenvalue weighted by Gasteiger charge is 2.23. The molecule has 0 fully saturated rings. The molecule has 6 nitrogen and oxygen atoms in total. The Hall–Kier alpha value is -2.28. The average molecular weight is 352 g/mol. The van der Waals surface area contributed by atoms with Gasteiger partial charge in [-0.05, 0) is 39.7 Å². The summed E-state index contributed by atoms with van der Waals surface area (Å²) in [6.07, 6.45) is 1.39. The number of nitrogens with one attached hydrogen (secondary N) is 1. The number of aromatic nitrogens is 1. The van der Waals surface area contributed by atoms with E-state index in [2.05, 4.69) is 21.2 Å². The number of hydrogen-bond donors (Lipinski definition) is 2. The maximum Gasteiger partial charge on any atom is 0.335 e. The number of rotatable bonds is 3. The number of halogens is 1. The number of amides is 1. The topological polar surface area (TPSA) is 71.7 Å². The van der Waals surface area contributed by atoms with Gasteiger partial charge in [0.2, 0.25) is 13.0 Å². The van der Waals surface area contributed by atoms with E-state index in [4.69, 9.17) is 9.47 Å². The van der Waals surface area contributed by atoms with E-state index in [1.807, 2.05) is 12.1 Å². The van der Waals surface area contributed by atoms with Gasteiger partial charge < -0.3 is 14.8 Å². The molecule has 0 atom stereocenters. The first kappa shape index (κ1) is 13.7. The highest BCUT2D eigenvalue weighted by molar-refractivity contribution is 9.10. The molecule has 1 aromatic heterocycles. The van der Waals surface area contributed by atoms with Crippen molar-refractivity contribution in [3.63, 3.8) is 0 Å². The molecule has 0 bridgehead atoms. The quantitative estimate of drug-likeness (QED) is 0.651. The number of fused-ring (bicyclic) bond motifs is 1. The van der Waals surface area contributed by atoms with Crippen molar-refractivity contribution in [2.45, 2.75) is 6.54 Å². The lowest BCUT2D eigenvalue weighted by atomic mass is 10.2. The SMILES string of the molecule is O=C(NCc1ccc2c(c1)OCO2)c1c(Br)ccc[n+]1O. The Balaban J connectivity index is 1.71. The van der Waals surface area contributed by atoms with Crippen LogP contribution < -0.4 is 19.5 Å². The molecule has 2 aromatic rings. The molecule has 2 heterocycles. The van der Waals surface area contributed by atoms with Gasteiger partial charge in [0.1, 0.15) is 4.47 Å². The van der Waals surface area contributed by atoms with E-state index in [-0.39, 0.29) is 18.4 Å². The summed E-state index contributed by atoms with van der Waals surface area (Å²) in [6, 6.07) is 8.77. The molecule has 1 amide bonds. The Labute approximate surface area is 129 Å². The number of nitrogens with zero attached hydrogens (tertiary/aromatic N) is 1. The molecule has 1 aromatic carbocycles. The van der Waals surface area contributed by atoms with E-state index in [1.165, 1.54) is 6.20 Å². The smallest absolute Gasteiger partial charge is 0.335 e. The molecular weight excluding hydrogens is 340 g/mol. The first-order chi connectivity index (χ1) is 10.1. The highest BCUT2D eigenvalue weighted by Crippen LogP contribution is 2.32. The van der Waals surface area contributed by atoms with Crippen molar-refractivity contribution in [3.8, 4) is 11.5 Å². The van der Waals surface area contributed by atoms with Gasteiger partial charge in [0.05, 0.1) is 0 Å². The van der Waals surface area contributed by atoms with Crippen LogP contribution in [-0.4, -0.2) is 17.9 Å². The van der Waals surface area contributed by atoms with E-state index in [0.717, 1.165) is 10.3 Å². The second kappa shape index (κ2) is 5.61. The Morgan fingerprint density at radius 1 is 1.33 bits per heavy atom. The molecule has 0 spiro atoms. The van der Waals surface area contributed by atoms with Crippen LogP contribution in [0.5, 0.6) is 11.5 Å². The van der Waals surface area contributed by atoms with Crippen LogP contribution >= 0.6 is 15.9 Å². The molecule has 3 rings (SSSR count). The summed E-state index contributed by atoms with van der Waals surface area (Å²) in [5.74, 6) is 0.978. The Morgan fingerprint density at radius 3 is 2.95 bits per heavy atom. The van der Waals surface area contributed by atoms with Crippen molar-refractivity contribution >= 4 is 21.8 Å². The third kappa shape index (κ3) is 2.78. The third-order valence-corrected chi connectivity index (χ3v) is 3.67. The first-order valence-corrected chi connectivity index (χ1v) is 7.00. The van der Waals surface area contributed by atoms with Gasteiger partial charge in [-0.25, -0.2) is 0 Å². The Bertz CT molecular complexity index is 685. The van der Waals surface area contributed by atoms with E-state index in [1.54, 1.807) is 18.2 Å². The van der Waals surface area contributed by atoms with Gasteiger partial charge in [0.15, 0.2) is 11.5 Å². The van der Waals surface area contributed by atoms with E-state index >= 15 is 0 Å². The number of hydrogen-bond acceptors (Lipinski definition) is 4. The van der Waals surface area contributed by atoms with Gasteiger partial charge in [0.25, 0.3) is 0 Å². The lowest BCUT2D eigenvalue weighted by molar-refractivity contribution is -0.906. The summed E-state index contributed by atoms with van der Waals surface area (Å²) in [5.41, 5.74) is 1.02. The zero-order valence-corrected chi connectivity index (χ0v) is 12.5. The van der Waals surface area contributed by atoms with Crippen molar-refractivity contribution in [1.29, 1.82) is 0 Å². The van der Waals surface area contributed by atoms with E-state index in [0.29, 0.717) is 22.5 Å². The Kier molecular flexibility index (Phi) is 3.66. The monoisotopic (exact) mass is 351 g/mol. The van der Waals surface area contributed by atoms with Crippen molar-refractivity contribution in [2.75, 3.05) is 6.79 Å². The van der Waals surface area contributed by atoms with Crippen molar-refractivity contribution in [2.24, 2.45) is 0 Å². The van der Waals surface area contributed by atoms with E-state index < -0.39 is 0 Å². The minimum absolute atomic E-state index is 0.137. The summed E-state index contributed by atoms with van der Waals surface area (Å²) >= 11 is 3.24. The summed E-state index contributed by atoms with van der Waals surface area (Å²) in [7, 11) is 0. The van der Waals surface area contributed by atoms with Crippen molar-refractivity contribution < 1.29 is 24.2 Å². The molecule has 108 valence electrons. The normalized spacial score (nSPS) is 12.2. The third-order valence-electron chi connectivity index (χ3n) is 3.03. The van der Waals surface area contributed by atoms with Crippen LogP contribution in [0.25, 0.3) is 0 Å². The van der Waals surface area contributed by atoms with Crippen LogP contribution in [0, 0.1) is 0 Å². The predicted octanol–water partition coefficient (Wildman–Crippen LogP) is 1.63.